The van der Waals surface area contributed by atoms with Crippen molar-refractivity contribution in [2.75, 3.05) is 12.3 Å². The average molecular weight is 307 g/mol. The molecule has 0 saturated heterocycles. The number of nitrogens with one attached hydrogen (secondary N) is 2. The van der Waals surface area contributed by atoms with Gasteiger partial charge in [-0.3, -0.25) is 0 Å². The van der Waals surface area contributed by atoms with E-state index in [-0.39, 0.29) is 5.41 Å². The molecule has 0 spiro atoms. The number of sulfonamides is 1. The number of hydrogen-bond donors (Lipinski definition) is 3. The molecule has 3 rings (SSSR count). The largest absolute Gasteiger partial charge is 0.399 e. The van der Waals surface area contributed by atoms with Crippen molar-refractivity contribution in [2.24, 2.45) is 5.41 Å². The third-order valence-corrected chi connectivity index (χ3v) is 6.20. The minimum Gasteiger partial charge on any atom is -0.399 e. The monoisotopic (exact) mass is 307 g/mol. The van der Waals surface area contributed by atoms with Crippen molar-refractivity contribution in [1.29, 1.82) is 0 Å². The minimum atomic E-state index is -3.50. The van der Waals surface area contributed by atoms with Crippen molar-refractivity contribution in [2.45, 2.75) is 37.5 Å². The number of rotatable bonds is 5. The number of nitrogens with two attached hydrogens (primary N) is 1. The van der Waals surface area contributed by atoms with Crippen LogP contribution in [-0.2, 0) is 10.0 Å². The predicted octanol–water partition coefficient (Wildman–Crippen LogP) is 2.61. The topological polar surface area (TPSA) is 88.0 Å². The predicted molar refractivity (Wildman–Crippen MR) is 84.5 cm³/mol. The lowest BCUT2D eigenvalue weighted by Gasteiger charge is -2.41. The van der Waals surface area contributed by atoms with Crippen LogP contribution < -0.4 is 10.5 Å². The molecule has 1 aromatic carbocycles. The molecule has 0 atom stereocenters. The maximum atomic E-state index is 12.5. The number of nitrogen functional groups attached to an aromatic ring is 1. The summed E-state index contributed by atoms with van der Waals surface area (Å²) in [6, 6.07) is 5.21. The maximum Gasteiger partial charge on any atom is 0.242 e. The van der Waals surface area contributed by atoms with E-state index in [1.165, 1.54) is 12.6 Å². The average Bonchev–Trinajstić information content (AvgIpc) is 2.81. The van der Waals surface area contributed by atoms with E-state index in [1.807, 2.05) is 0 Å². The molecule has 1 heterocycles. The highest BCUT2D eigenvalue weighted by Gasteiger charge is 2.36. The second-order valence-electron chi connectivity index (χ2n) is 5.99. The van der Waals surface area contributed by atoms with E-state index in [0.29, 0.717) is 22.5 Å². The highest BCUT2D eigenvalue weighted by Crippen LogP contribution is 2.43. The van der Waals surface area contributed by atoms with Gasteiger partial charge in [0.15, 0.2) is 0 Å². The van der Waals surface area contributed by atoms with Crippen molar-refractivity contribution >= 4 is 26.6 Å². The summed E-state index contributed by atoms with van der Waals surface area (Å²) in [6.45, 7) is 2.65. The lowest BCUT2D eigenvalue weighted by molar-refractivity contribution is 0.133. The van der Waals surface area contributed by atoms with Crippen LogP contribution in [0.2, 0.25) is 0 Å². The Morgan fingerprint density at radius 2 is 2.14 bits per heavy atom. The lowest BCUT2D eigenvalue weighted by Crippen LogP contribution is -2.41. The van der Waals surface area contributed by atoms with Gasteiger partial charge in [-0.1, -0.05) is 13.3 Å². The van der Waals surface area contributed by atoms with Crippen molar-refractivity contribution in [1.82, 2.24) is 9.71 Å². The van der Waals surface area contributed by atoms with Crippen LogP contribution >= 0.6 is 0 Å². The summed E-state index contributed by atoms with van der Waals surface area (Å²) in [5.41, 5.74) is 7.22. The Bertz CT molecular complexity index is 755. The third-order valence-electron chi connectivity index (χ3n) is 4.76. The first-order valence-electron chi connectivity index (χ1n) is 7.32. The second-order valence-corrected chi connectivity index (χ2v) is 7.72. The molecule has 1 fully saturated rings. The van der Waals surface area contributed by atoms with Gasteiger partial charge in [0.1, 0.15) is 4.90 Å². The summed E-state index contributed by atoms with van der Waals surface area (Å²) < 4.78 is 27.8. The van der Waals surface area contributed by atoms with Gasteiger partial charge in [-0.2, -0.15) is 0 Å². The molecular formula is C15H21N3O2S. The van der Waals surface area contributed by atoms with Gasteiger partial charge in [0.05, 0.1) is 0 Å². The fourth-order valence-corrected chi connectivity index (χ4v) is 4.33. The number of fused-ring (bicyclic) bond motifs is 1. The zero-order valence-corrected chi connectivity index (χ0v) is 13.0. The summed E-state index contributed by atoms with van der Waals surface area (Å²) in [5.74, 6) is 0. The van der Waals surface area contributed by atoms with Crippen LogP contribution in [0.25, 0.3) is 10.9 Å². The number of hydrogen-bond acceptors (Lipinski definition) is 3. The summed E-state index contributed by atoms with van der Waals surface area (Å²) in [6.07, 6.45) is 5.96. The zero-order chi connectivity index (χ0) is 15.1. The summed E-state index contributed by atoms with van der Waals surface area (Å²) in [5, 5.41) is 0.677. The Balaban J connectivity index is 1.86. The Kier molecular flexibility index (Phi) is 3.45. The number of aromatic amines is 1. The normalized spacial score (nSPS) is 17.8. The number of H-pyrrole nitrogens is 1. The highest BCUT2D eigenvalue weighted by atomic mass is 32.2. The second kappa shape index (κ2) is 5.03. The SMILES string of the molecule is CCC1(CNS(=O)(=O)c2c[nH]c3cc(N)ccc23)CCC1. The van der Waals surface area contributed by atoms with Crippen molar-refractivity contribution in [3.05, 3.63) is 24.4 Å². The van der Waals surface area contributed by atoms with Crippen LogP contribution in [-0.4, -0.2) is 19.9 Å². The van der Waals surface area contributed by atoms with Crippen molar-refractivity contribution in [3.63, 3.8) is 0 Å². The van der Waals surface area contributed by atoms with Gasteiger partial charge in [-0.05, 0) is 42.9 Å². The molecule has 6 heteroatoms. The van der Waals surface area contributed by atoms with Crippen LogP contribution in [0.4, 0.5) is 5.69 Å². The Hall–Kier alpha value is -1.53. The summed E-state index contributed by atoms with van der Waals surface area (Å²) in [4.78, 5) is 3.27. The summed E-state index contributed by atoms with van der Waals surface area (Å²) in [7, 11) is -3.50. The fraction of sp³-hybridized carbons (Fsp3) is 0.467. The molecule has 1 saturated carbocycles. The smallest absolute Gasteiger partial charge is 0.242 e. The van der Waals surface area contributed by atoms with Gasteiger partial charge < -0.3 is 10.7 Å². The van der Waals surface area contributed by atoms with E-state index < -0.39 is 10.0 Å². The quantitative estimate of drug-likeness (QED) is 0.742. The molecule has 2 aromatic rings. The Labute approximate surface area is 125 Å². The van der Waals surface area contributed by atoms with E-state index in [2.05, 4.69) is 16.6 Å². The maximum absolute atomic E-state index is 12.5. The molecule has 0 unspecified atom stereocenters. The van der Waals surface area contributed by atoms with Gasteiger partial charge in [-0.15, -0.1) is 0 Å². The molecule has 21 heavy (non-hydrogen) atoms. The van der Waals surface area contributed by atoms with E-state index in [1.54, 1.807) is 18.2 Å². The molecule has 0 bridgehead atoms. The van der Waals surface area contributed by atoms with Crippen LogP contribution in [0.3, 0.4) is 0 Å². The van der Waals surface area contributed by atoms with Gasteiger partial charge in [0.2, 0.25) is 10.0 Å². The third kappa shape index (κ3) is 2.53. The van der Waals surface area contributed by atoms with E-state index in [0.717, 1.165) is 24.8 Å². The molecule has 1 aromatic heterocycles. The van der Waals surface area contributed by atoms with Gasteiger partial charge in [-0.25, -0.2) is 13.1 Å². The molecule has 1 aliphatic rings. The van der Waals surface area contributed by atoms with Crippen molar-refractivity contribution in [3.8, 4) is 0 Å². The molecule has 0 radical (unpaired) electrons. The molecule has 4 N–H and O–H groups in total. The minimum absolute atomic E-state index is 0.156. The Morgan fingerprint density at radius 3 is 2.76 bits per heavy atom. The zero-order valence-electron chi connectivity index (χ0n) is 12.1. The highest BCUT2D eigenvalue weighted by molar-refractivity contribution is 7.89. The van der Waals surface area contributed by atoms with Crippen LogP contribution in [0.15, 0.2) is 29.3 Å². The first kappa shape index (κ1) is 14.4. The van der Waals surface area contributed by atoms with Crippen LogP contribution in [0.1, 0.15) is 32.6 Å². The van der Waals surface area contributed by atoms with E-state index >= 15 is 0 Å². The molecule has 0 aliphatic heterocycles. The first-order valence-corrected chi connectivity index (χ1v) is 8.80. The van der Waals surface area contributed by atoms with Crippen LogP contribution in [0, 0.1) is 5.41 Å². The van der Waals surface area contributed by atoms with E-state index in [9.17, 15) is 8.42 Å². The molecule has 1 aliphatic carbocycles. The van der Waals surface area contributed by atoms with Crippen molar-refractivity contribution < 1.29 is 8.42 Å². The van der Waals surface area contributed by atoms with Gasteiger partial charge in [0.25, 0.3) is 0 Å². The number of benzene rings is 1. The first-order chi connectivity index (χ1) is 9.96. The molecule has 5 nitrogen and oxygen atoms in total. The van der Waals surface area contributed by atoms with E-state index in [4.69, 9.17) is 5.73 Å². The van der Waals surface area contributed by atoms with Gasteiger partial charge in [0, 0.05) is 29.3 Å². The molecule has 114 valence electrons. The van der Waals surface area contributed by atoms with Gasteiger partial charge >= 0.3 is 0 Å². The number of anilines is 1. The fourth-order valence-electron chi connectivity index (χ4n) is 3.00. The molecule has 0 amide bonds. The Morgan fingerprint density at radius 1 is 1.38 bits per heavy atom. The summed E-state index contributed by atoms with van der Waals surface area (Å²) >= 11 is 0. The standard InChI is InChI=1S/C15H21N3O2S/c1-2-15(6-3-7-15)10-18-21(19,20)14-9-17-13-8-11(16)4-5-12(13)14/h4-5,8-9,17-18H,2-3,6-7,10,16H2,1H3. The van der Waals surface area contributed by atoms with Crippen LogP contribution in [0.5, 0.6) is 0 Å². The molecular weight excluding hydrogens is 286 g/mol. The number of aromatic nitrogens is 1. The lowest BCUT2D eigenvalue weighted by atomic mass is 9.67.